The van der Waals surface area contributed by atoms with Crippen molar-refractivity contribution in [3.05, 3.63) is 12.8 Å². The topological polar surface area (TPSA) is 26.3 Å². The number of carbonyl (C=O) groups is 1. The van der Waals surface area contributed by atoms with E-state index in [4.69, 9.17) is 4.74 Å². The van der Waals surface area contributed by atoms with Crippen molar-refractivity contribution in [3.63, 3.8) is 0 Å². The molecule has 0 aliphatic rings. The summed E-state index contributed by atoms with van der Waals surface area (Å²) in [4.78, 5) is 11.6. The van der Waals surface area contributed by atoms with E-state index in [1.54, 1.807) is 0 Å². The second-order valence-electron chi connectivity index (χ2n) is 3.63. The van der Waals surface area contributed by atoms with Crippen LogP contribution in [0.25, 0.3) is 0 Å². The third-order valence-corrected chi connectivity index (χ3v) is 2.29. The molecule has 13 heavy (non-hydrogen) atoms. The molecule has 0 rings (SSSR count). The van der Waals surface area contributed by atoms with Crippen LogP contribution in [-0.2, 0) is 9.53 Å². The number of ether oxygens (including phenoxy) is 1. The van der Waals surface area contributed by atoms with Crippen LogP contribution in [0.1, 0.15) is 46.5 Å². The van der Waals surface area contributed by atoms with E-state index >= 15 is 0 Å². The molecular weight excluding hydrogens is 164 g/mol. The number of hydrogen-bond donors (Lipinski definition) is 0. The quantitative estimate of drug-likeness (QED) is 0.467. The largest absolute Gasteiger partial charge is 0.435 e. The molecule has 0 saturated carbocycles. The highest BCUT2D eigenvalue weighted by Gasteiger charge is 2.32. The highest BCUT2D eigenvalue weighted by atomic mass is 16.5. The monoisotopic (exact) mass is 184 g/mol. The lowest BCUT2D eigenvalue weighted by atomic mass is 9.81. The van der Waals surface area contributed by atoms with Crippen LogP contribution >= 0.6 is 0 Å². The molecule has 0 heterocycles. The van der Waals surface area contributed by atoms with Gasteiger partial charge in [-0.3, -0.25) is 4.79 Å². The van der Waals surface area contributed by atoms with E-state index < -0.39 is 0 Å². The number of hydrogen-bond acceptors (Lipinski definition) is 2. The van der Waals surface area contributed by atoms with Crippen molar-refractivity contribution >= 4 is 5.97 Å². The van der Waals surface area contributed by atoms with Gasteiger partial charge < -0.3 is 4.74 Å². The first-order valence-electron chi connectivity index (χ1n) is 4.92. The number of rotatable bonds is 6. The smallest absolute Gasteiger partial charge is 0.316 e. The van der Waals surface area contributed by atoms with E-state index in [1.807, 2.05) is 6.92 Å². The Morgan fingerprint density at radius 3 is 2.15 bits per heavy atom. The van der Waals surface area contributed by atoms with Gasteiger partial charge in [0.15, 0.2) is 0 Å². The Hall–Kier alpha value is -0.790. The lowest BCUT2D eigenvalue weighted by molar-refractivity contribution is -0.149. The second-order valence-corrected chi connectivity index (χ2v) is 3.63. The molecule has 0 aliphatic heterocycles. The van der Waals surface area contributed by atoms with Crippen LogP contribution < -0.4 is 0 Å². The Kier molecular flexibility index (Phi) is 5.44. The molecule has 0 radical (unpaired) electrons. The van der Waals surface area contributed by atoms with Gasteiger partial charge in [0.25, 0.3) is 0 Å². The summed E-state index contributed by atoms with van der Waals surface area (Å²) < 4.78 is 4.84. The van der Waals surface area contributed by atoms with Crippen LogP contribution in [0.4, 0.5) is 0 Å². The van der Waals surface area contributed by atoms with Crippen molar-refractivity contribution in [3.8, 4) is 0 Å². The minimum absolute atomic E-state index is 0.147. The van der Waals surface area contributed by atoms with Gasteiger partial charge in [-0.25, -0.2) is 0 Å². The van der Waals surface area contributed by atoms with E-state index in [9.17, 15) is 4.79 Å². The highest BCUT2D eigenvalue weighted by Crippen LogP contribution is 2.30. The van der Waals surface area contributed by atoms with E-state index in [0.717, 1.165) is 25.7 Å². The molecule has 0 unspecified atom stereocenters. The van der Waals surface area contributed by atoms with Crippen LogP contribution in [0.2, 0.25) is 0 Å². The van der Waals surface area contributed by atoms with Crippen LogP contribution in [0.15, 0.2) is 12.8 Å². The SMILES string of the molecule is C=COC(=O)C(C)(CCC)CCC. The fourth-order valence-corrected chi connectivity index (χ4v) is 1.65. The van der Waals surface area contributed by atoms with Crippen LogP contribution in [0.3, 0.4) is 0 Å². The van der Waals surface area contributed by atoms with E-state index in [2.05, 4.69) is 20.4 Å². The molecule has 0 aromatic heterocycles. The summed E-state index contributed by atoms with van der Waals surface area (Å²) in [5.41, 5.74) is -0.322. The Bertz CT molecular complexity index is 167. The number of carbonyl (C=O) groups excluding carboxylic acids is 1. The van der Waals surface area contributed by atoms with Gasteiger partial charge in [-0.1, -0.05) is 33.3 Å². The zero-order chi connectivity index (χ0) is 10.3. The maximum absolute atomic E-state index is 11.6. The molecule has 2 nitrogen and oxygen atoms in total. The summed E-state index contributed by atoms with van der Waals surface area (Å²) >= 11 is 0. The molecule has 0 amide bonds. The summed E-state index contributed by atoms with van der Waals surface area (Å²) in [5, 5.41) is 0. The minimum atomic E-state index is -0.322. The first-order valence-corrected chi connectivity index (χ1v) is 4.92. The van der Waals surface area contributed by atoms with E-state index in [1.165, 1.54) is 6.26 Å². The van der Waals surface area contributed by atoms with Crippen molar-refractivity contribution < 1.29 is 9.53 Å². The van der Waals surface area contributed by atoms with Gasteiger partial charge in [0.1, 0.15) is 0 Å². The second kappa shape index (κ2) is 5.79. The average molecular weight is 184 g/mol. The molecule has 0 spiro atoms. The Labute approximate surface area is 81.0 Å². The zero-order valence-corrected chi connectivity index (χ0v) is 8.93. The predicted molar refractivity (Wildman–Crippen MR) is 54.2 cm³/mol. The summed E-state index contributed by atoms with van der Waals surface area (Å²) in [6.07, 6.45) is 4.98. The van der Waals surface area contributed by atoms with Crippen molar-refractivity contribution in [2.75, 3.05) is 0 Å². The van der Waals surface area contributed by atoms with Gasteiger partial charge in [-0.15, -0.1) is 0 Å². The van der Waals surface area contributed by atoms with E-state index in [0.29, 0.717) is 0 Å². The first kappa shape index (κ1) is 12.2. The molecule has 0 atom stereocenters. The maximum atomic E-state index is 11.6. The third kappa shape index (κ3) is 3.62. The molecule has 2 heteroatoms. The van der Waals surface area contributed by atoms with Gasteiger partial charge in [0.05, 0.1) is 11.7 Å². The first-order chi connectivity index (χ1) is 6.10. The molecule has 0 fully saturated rings. The Morgan fingerprint density at radius 1 is 1.38 bits per heavy atom. The molecule has 0 aromatic rings. The summed E-state index contributed by atoms with van der Waals surface area (Å²) in [5.74, 6) is -0.147. The minimum Gasteiger partial charge on any atom is -0.435 e. The highest BCUT2D eigenvalue weighted by molar-refractivity contribution is 5.76. The Morgan fingerprint density at radius 2 is 1.85 bits per heavy atom. The zero-order valence-electron chi connectivity index (χ0n) is 8.93. The summed E-state index contributed by atoms with van der Waals surface area (Å²) in [6.45, 7) is 9.51. The van der Waals surface area contributed by atoms with Gasteiger partial charge in [-0.2, -0.15) is 0 Å². The predicted octanol–water partition coefficient (Wildman–Crippen LogP) is 3.28. The van der Waals surface area contributed by atoms with Crippen LogP contribution in [0, 0.1) is 5.41 Å². The van der Waals surface area contributed by atoms with Gasteiger partial charge >= 0.3 is 5.97 Å². The van der Waals surface area contributed by atoms with Gasteiger partial charge in [0, 0.05) is 0 Å². The standard InChI is InChI=1S/C11H20O2/c1-5-8-11(4,9-6-2)10(12)13-7-3/h7H,3,5-6,8-9H2,1-2,4H3. The third-order valence-electron chi connectivity index (χ3n) is 2.29. The lowest BCUT2D eigenvalue weighted by Gasteiger charge is -2.25. The van der Waals surface area contributed by atoms with Gasteiger partial charge in [0.2, 0.25) is 0 Å². The fraction of sp³-hybridized carbons (Fsp3) is 0.727. The molecule has 76 valence electrons. The van der Waals surface area contributed by atoms with Crippen molar-refractivity contribution in [2.24, 2.45) is 5.41 Å². The van der Waals surface area contributed by atoms with Crippen molar-refractivity contribution in [1.82, 2.24) is 0 Å². The molecular formula is C11H20O2. The van der Waals surface area contributed by atoms with E-state index in [-0.39, 0.29) is 11.4 Å². The average Bonchev–Trinajstić information content (AvgIpc) is 2.05. The summed E-state index contributed by atoms with van der Waals surface area (Å²) in [7, 11) is 0. The fourth-order valence-electron chi connectivity index (χ4n) is 1.65. The molecule has 0 aliphatic carbocycles. The number of esters is 1. The van der Waals surface area contributed by atoms with Crippen LogP contribution in [0.5, 0.6) is 0 Å². The lowest BCUT2D eigenvalue weighted by Crippen LogP contribution is -2.28. The molecule has 0 saturated heterocycles. The van der Waals surface area contributed by atoms with Crippen LogP contribution in [-0.4, -0.2) is 5.97 Å². The molecule has 0 N–H and O–H groups in total. The normalized spacial score (nSPS) is 11.0. The van der Waals surface area contributed by atoms with Crippen molar-refractivity contribution in [2.45, 2.75) is 46.5 Å². The van der Waals surface area contributed by atoms with Crippen molar-refractivity contribution in [1.29, 1.82) is 0 Å². The summed E-state index contributed by atoms with van der Waals surface area (Å²) in [6, 6.07) is 0. The Balaban J connectivity index is 4.36. The molecule has 0 aromatic carbocycles. The van der Waals surface area contributed by atoms with Gasteiger partial charge in [-0.05, 0) is 19.8 Å². The molecule has 0 bridgehead atoms. The maximum Gasteiger partial charge on any atom is 0.316 e.